The van der Waals surface area contributed by atoms with Gasteiger partial charge in [-0.25, -0.2) is 9.18 Å². The maximum atomic E-state index is 13.9. The van der Waals surface area contributed by atoms with Crippen LogP contribution in [-0.4, -0.2) is 19.1 Å². The Labute approximate surface area is 125 Å². The fraction of sp³-hybridized carbons (Fsp3) is 0.588. The fourth-order valence-electron chi connectivity index (χ4n) is 3.02. The van der Waals surface area contributed by atoms with Gasteiger partial charge in [0.2, 0.25) is 0 Å². The number of methoxy groups -OCH3 is 1. The van der Waals surface area contributed by atoms with Gasteiger partial charge in [-0.15, -0.1) is 0 Å². The van der Waals surface area contributed by atoms with E-state index in [4.69, 9.17) is 4.74 Å². The lowest BCUT2D eigenvalue weighted by atomic mass is 9.87. The third-order valence-electron chi connectivity index (χ3n) is 4.44. The molecule has 1 aromatic rings. The van der Waals surface area contributed by atoms with Crippen molar-refractivity contribution in [1.29, 1.82) is 0 Å². The molecular weight excluding hydrogens is 269 g/mol. The average molecular weight is 293 g/mol. The van der Waals surface area contributed by atoms with E-state index < -0.39 is 5.54 Å². The van der Waals surface area contributed by atoms with Gasteiger partial charge in [-0.05, 0) is 43.9 Å². The molecule has 1 aliphatic rings. The fourth-order valence-corrected chi connectivity index (χ4v) is 3.02. The van der Waals surface area contributed by atoms with Crippen LogP contribution in [-0.2, 0) is 15.1 Å². The van der Waals surface area contributed by atoms with E-state index in [0.29, 0.717) is 11.1 Å². The number of aryl methyl sites for hydroxylation is 1. The van der Waals surface area contributed by atoms with E-state index in [1.54, 1.807) is 26.0 Å². The standard InChI is InChI=1S/C17H24FNO2/c1-12-9-10-13(11-15(12)18)17(2,16(20)21-3)19-14-7-5-4-6-8-14/h9-11,14,19H,4-8H2,1-3H3. The minimum Gasteiger partial charge on any atom is -0.467 e. The van der Waals surface area contributed by atoms with Gasteiger partial charge in [0.25, 0.3) is 0 Å². The van der Waals surface area contributed by atoms with Crippen molar-refractivity contribution in [3.8, 4) is 0 Å². The monoisotopic (exact) mass is 293 g/mol. The zero-order valence-corrected chi connectivity index (χ0v) is 13.0. The third kappa shape index (κ3) is 3.43. The summed E-state index contributed by atoms with van der Waals surface area (Å²) in [6, 6.07) is 5.20. The molecule has 0 saturated heterocycles. The molecule has 1 saturated carbocycles. The lowest BCUT2D eigenvalue weighted by molar-refractivity contribution is -0.149. The average Bonchev–Trinajstić information content (AvgIpc) is 2.50. The second kappa shape index (κ2) is 6.56. The molecule has 0 radical (unpaired) electrons. The quantitative estimate of drug-likeness (QED) is 0.864. The molecule has 3 nitrogen and oxygen atoms in total. The zero-order valence-electron chi connectivity index (χ0n) is 13.0. The van der Waals surface area contributed by atoms with Gasteiger partial charge in [0.1, 0.15) is 11.4 Å². The Hall–Kier alpha value is -1.42. The molecule has 0 aromatic heterocycles. The van der Waals surface area contributed by atoms with Crippen molar-refractivity contribution in [2.24, 2.45) is 0 Å². The number of nitrogens with one attached hydrogen (secondary N) is 1. The molecule has 1 aliphatic carbocycles. The number of ether oxygens (including phenoxy) is 1. The molecule has 0 heterocycles. The molecule has 1 aromatic carbocycles. The highest BCUT2D eigenvalue weighted by atomic mass is 19.1. The highest BCUT2D eigenvalue weighted by Gasteiger charge is 2.38. The summed E-state index contributed by atoms with van der Waals surface area (Å²) in [6.45, 7) is 3.49. The molecule has 0 bridgehead atoms. The summed E-state index contributed by atoms with van der Waals surface area (Å²) >= 11 is 0. The first-order valence-electron chi connectivity index (χ1n) is 7.60. The van der Waals surface area contributed by atoms with Crippen LogP contribution in [0.4, 0.5) is 4.39 Å². The number of hydrogen-bond donors (Lipinski definition) is 1. The Bertz CT molecular complexity index is 512. The smallest absolute Gasteiger partial charge is 0.330 e. The van der Waals surface area contributed by atoms with Gasteiger partial charge >= 0.3 is 5.97 Å². The van der Waals surface area contributed by atoms with Crippen LogP contribution in [0.15, 0.2) is 18.2 Å². The molecule has 0 aliphatic heterocycles. The topological polar surface area (TPSA) is 38.3 Å². The number of hydrogen-bond acceptors (Lipinski definition) is 3. The van der Waals surface area contributed by atoms with Gasteiger partial charge in [-0.1, -0.05) is 31.4 Å². The van der Waals surface area contributed by atoms with E-state index in [2.05, 4.69) is 5.32 Å². The molecule has 21 heavy (non-hydrogen) atoms. The van der Waals surface area contributed by atoms with E-state index in [-0.39, 0.29) is 17.8 Å². The second-order valence-corrected chi connectivity index (χ2v) is 6.06. The lowest BCUT2D eigenvalue weighted by Gasteiger charge is -2.35. The molecule has 2 rings (SSSR count). The number of benzene rings is 1. The molecule has 1 fully saturated rings. The number of rotatable bonds is 4. The van der Waals surface area contributed by atoms with Crippen LogP contribution >= 0.6 is 0 Å². The van der Waals surface area contributed by atoms with Gasteiger partial charge < -0.3 is 4.74 Å². The normalized spacial score (nSPS) is 19.0. The summed E-state index contributed by atoms with van der Waals surface area (Å²) in [5.41, 5.74) is 0.178. The van der Waals surface area contributed by atoms with Crippen molar-refractivity contribution in [3.63, 3.8) is 0 Å². The van der Waals surface area contributed by atoms with Crippen molar-refractivity contribution >= 4 is 5.97 Å². The Morgan fingerprint density at radius 2 is 2.00 bits per heavy atom. The minimum atomic E-state index is -1.01. The minimum absolute atomic E-state index is 0.271. The highest BCUT2D eigenvalue weighted by molar-refractivity contribution is 5.82. The maximum absolute atomic E-state index is 13.9. The van der Waals surface area contributed by atoms with Crippen molar-refractivity contribution in [2.75, 3.05) is 7.11 Å². The molecule has 0 amide bonds. The van der Waals surface area contributed by atoms with E-state index in [0.717, 1.165) is 25.7 Å². The van der Waals surface area contributed by atoms with Crippen molar-refractivity contribution in [2.45, 2.75) is 57.5 Å². The predicted molar refractivity (Wildman–Crippen MR) is 80.5 cm³/mol. The van der Waals surface area contributed by atoms with Crippen LogP contribution in [0.5, 0.6) is 0 Å². The van der Waals surface area contributed by atoms with Crippen LogP contribution in [0.3, 0.4) is 0 Å². The molecule has 0 spiro atoms. The number of carbonyl (C=O) groups excluding carboxylic acids is 1. The van der Waals surface area contributed by atoms with E-state index in [1.807, 2.05) is 0 Å². The van der Waals surface area contributed by atoms with Gasteiger partial charge in [0.15, 0.2) is 0 Å². The second-order valence-electron chi connectivity index (χ2n) is 6.06. The van der Waals surface area contributed by atoms with Gasteiger partial charge in [0.05, 0.1) is 7.11 Å². The first-order valence-corrected chi connectivity index (χ1v) is 7.60. The summed E-state index contributed by atoms with van der Waals surface area (Å²) in [4.78, 5) is 12.3. The third-order valence-corrected chi connectivity index (χ3v) is 4.44. The molecule has 4 heteroatoms. The van der Waals surface area contributed by atoms with Crippen molar-refractivity contribution < 1.29 is 13.9 Å². The van der Waals surface area contributed by atoms with E-state index >= 15 is 0 Å². The van der Waals surface area contributed by atoms with E-state index in [9.17, 15) is 9.18 Å². The summed E-state index contributed by atoms with van der Waals surface area (Å²) < 4.78 is 18.8. The largest absolute Gasteiger partial charge is 0.467 e. The van der Waals surface area contributed by atoms with Gasteiger partial charge in [0, 0.05) is 6.04 Å². The Balaban J connectivity index is 2.31. The molecule has 1 unspecified atom stereocenters. The van der Waals surface area contributed by atoms with Crippen LogP contribution in [0, 0.1) is 12.7 Å². The lowest BCUT2D eigenvalue weighted by Crippen LogP contribution is -2.52. The Morgan fingerprint density at radius 1 is 1.33 bits per heavy atom. The van der Waals surface area contributed by atoms with Gasteiger partial charge in [-0.2, -0.15) is 0 Å². The van der Waals surface area contributed by atoms with Crippen molar-refractivity contribution in [3.05, 3.63) is 35.1 Å². The number of esters is 1. The summed E-state index contributed by atoms with van der Waals surface area (Å²) in [5, 5.41) is 3.40. The van der Waals surface area contributed by atoms with Gasteiger partial charge in [-0.3, -0.25) is 5.32 Å². The Morgan fingerprint density at radius 3 is 2.57 bits per heavy atom. The van der Waals surface area contributed by atoms with E-state index in [1.165, 1.54) is 19.6 Å². The summed E-state index contributed by atoms with van der Waals surface area (Å²) in [7, 11) is 1.37. The number of carbonyl (C=O) groups is 1. The molecular formula is C17H24FNO2. The molecule has 1 N–H and O–H groups in total. The van der Waals surface area contributed by atoms with Crippen LogP contribution in [0.2, 0.25) is 0 Å². The van der Waals surface area contributed by atoms with Crippen molar-refractivity contribution in [1.82, 2.24) is 5.32 Å². The van der Waals surface area contributed by atoms with Crippen LogP contribution in [0.25, 0.3) is 0 Å². The zero-order chi connectivity index (χ0) is 15.5. The summed E-state index contributed by atoms with van der Waals surface area (Å²) in [6.07, 6.45) is 5.66. The Kier molecular flexibility index (Phi) is 4.99. The maximum Gasteiger partial charge on any atom is 0.330 e. The predicted octanol–water partition coefficient (Wildman–Crippen LogP) is 3.44. The SMILES string of the molecule is COC(=O)C(C)(NC1CCCCC1)c1ccc(C)c(F)c1. The molecule has 1 atom stereocenters. The highest BCUT2D eigenvalue weighted by Crippen LogP contribution is 2.28. The number of halogens is 1. The van der Waals surface area contributed by atoms with Crippen LogP contribution < -0.4 is 5.32 Å². The first-order chi connectivity index (χ1) is 9.97. The van der Waals surface area contributed by atoms with Crippen LogP contribution in [0.1, 0.15) is 50.2 Å². The first kappa shape index (κ1) is 16.0. The molecule has 116 valence electrons. The summed E-state index contributed by atoms with van der Waals surface area (Å²) in [5.74, 6) is -0.676.